The van der Waals surface area contributed by atoms with E-state index in [1.54, 1.807) is 0 Å². The van der Waals surface area contributed by atoms with Gasteiger partial charge in [-0.3, -0.25) is 0 Å². The van der Waals surface area contributed by atoms with Gasteiger partial charge in [0.25, 0.3) is 0 Å². The standard InChI is InChI=1S/C8H9FOS2/c9-12-11-8-4-2-1-3-7(8)5-6-10/h1-4,10H,5-6H2. The van der Waals surface area contributed by atoms with Gasteiger partial charge in [-0.1, -0.05) is 18.2 Å². The number of hydrogen-bond acceptors (Lipinski definition) is 3. The first-order chi connectivity index (χ1) is 5.88. The van der Waals surface area contributed by atoms with Crippen LogP contribution in [0.4, 0.5) is 3.89 Å². The minimum atomic E-state index is 0.106. The van der Waals surface area contributed by atoms with E-state index < -0.39 is 0 Å². The summed E-state index contributed by atoms with van der Waals surface area (Å²) in [6.45, 7) is 0.106. The first-order valence-corrected chi connectivity index (χ1v) is 5.57. The van der Waals surface area contributed by atoms with Gasteiger partial charge in [0.1, 0.15) is 11.2 Å². The molecule has 0 aliphatic heterocycles. The first kappa shape index (κ1) is 9.89. The van der Waals surface area contributed by atoms with Crippen LogP contribution in [0.3, 0.4) is 0 Å². The Morgan fingerprint density at radius 3 is 2.75 bits per heavy atom. The van der Waals surface area contributed by atoms with Crippen molar-refractivity contribution in [3.8, 4) is 0 Å². The maximum atomic E-state index is 11.9. The van der Waals surface area contributed by atoms with Gasteiger partial charge in [0.05, 0.1) is 0 Å². The molecule has 0 unspecified atom stereocenters. The molecule has 0 saturated heterocycles. The zero-order chi connectivity index (χ0) is 8.81. The molecule has 0 fully saturated rings. The van der Waals surface area contributed by atoms with Crippen LogP contribution in [0.25, 0.3) is 0 Å². The predicted octanol–water partition coefficient (Wildman–Crippen LogP) is 2.85. The molecule has 0 aliphatic carbocycles. The van der Waals surface area contributed by atoms with Crippen molar-refractivity contribution < 1.29 is 8.99 Å². The van der Waals surface area contributed by atoms with Crippen LogP contribution >= 0.6 is 22.0 Å². The summed E-state index contributed by atoms with van der Waals surface area (Å²) in [5.41, 5.74) is 0.996. The Morgan fingerprint density at radius 1 is 1.33 bits per heavy atom. The summed E-state index contributed by atoms with van der Waals surface area (Å²) in [5, 5.41) is 8.70. The summed E-state index contributed by atoms with van der Waals surface area (Å²) >= 11 is 0.230. The van der Waals surface area contributed by atoms with E-state index in [1.165, 1.54) is 0 Å². The van der Waals surface area contributed by atoms with E-state index in [0.717, 1.165) is 21.3 Å². The van der Waals surface area contributed by atoms with Crippen molar-refractivity contribution >= 4 is 22.0 Å². The number of halogens is 1. The topological polar surface area (TPSA) is 20.2 Å². The monoisotopic (exact) mass is 204 g/mol. The van der Waals surface area contributed by atoms with E-state index in [2.05, 4.69) is 0 Å². The molecule has 4 heteroatoms. The molecular weight excluding hydrogens is 195 g/mol. The van der Waals surface area contributed by atoms with Crippen molar-refractivity contribution in [2.45, 2.75) is 11.3 Å². The van der Waals surface area contributed by atoms with Crippen LogP contribution in [0.2, 0.25) is 0 Å². The highest BCUT2D eigenvalue weighted by atomic mass is 33.1. The summed E-state index contributed by atoms with van der Waals surface area (Å²) < 4.78 is 11.9. The molecule has 1 rings (SSSR count). The third kappa shape index (κ3) is 2.69. The van der Waals surface area contributed by atoms with Crippen molar-refractivity contribution in [1.29, 1.82) is 0 Å². The largest absolute Gasteiger partial charge is 0.396 e. The van der Waals surface area contributed by atoms with E-state index in [4.69, 9.17) is 5.11 Å². The molecule has 0 atom stereocenters. The fourth-order valence-corrected chi connectivity index (χ4v) is 2.12. The third-order valence-corrected chi connectivity index (χ3v) is 2.84. The molecule has 1 N–H and O–H groups in total. The van der Waals surface area contributed by atoms with Gasteiger partial charge in [-0.15, -0.1) is 0 Å². The summed E-state index contributed by atoms with van der Waals surface area (Å²) in [6, 6.07) is 7.49. The Hall–Kier alpha value is -0.190. The van der Waals surface area contributed by atoms with E-state index in [0.29, 0.717) is 6.42 Å². The van der Waals surface area contributed by atoms with Crippen LogP contribution in [-0.4, -0.2) is 11.7 Å². The number of hydrogen-bond donors (Lipinski definition) is 1. The molecule has 0 saturated carbocycles. The molecule has 12 heavy (non-hydrogen) atoms. The van der Waals surface area contributed by atoms with Crippen LogP contribution < -0.4 is 0 Å². The molecule has 0 heterocycles. The maximum Gasteiger partial charge on any atom is 0.120 e. The van der Waals surface area contributed by atoms with Crippen LogP contribution in [0, 0.1) is 0 Å². The van der Waals surface area contributed by atoms with Gasteiger partial charge in [-0.05, 0) is 28.8 Å². The molecule has 0 amide bonds. The molecule has 1 aromatic carbocycles. The van der Waals surface area contributed by atoms with Crippen LogP contribution in [-0.2, 0) is 6.42 Å². The average Bonchev–Trinajstić information content (AvgIpc) is 2.09. The third-order valence-electron chi connectivity index (χ3n) is 1.48. The zero-order valence-electron chi connectivity index (χ0n) is 6.37. The normalized spacial score (nSPS) is 10.2. The molecule has 1 aromatic rings. The first-order valence-electron chi connectivity index (χ1n) is 3.52. The highest BCUT2D eigenvalue weighted by Crippen LogP contribution is 2.33. The highest BCUT2D eigenvalue weighted by molar-refractivity contribution is 8.74. The lowest BCUT2D eigenvalue weighted by atomic mass is 10.2. The predicted molar refractivity (Wildman–Crippen MR) is 51.8 cm³/mol. The summed E-state index contributed by atoms with van der Waals surface area (Å²) in [4.78, 5) is 0.888. The Balaban J connectivity index is 2.77. The number of benzene rings is 1. The molecule has 0 aromatic heterocycles. The van der Waals surface area contributed by atoms with Gasteiger partial charge in [-0.2, -0.15) is 3.89 Å². The van der Waals surface area contributed by atoms with Crippen molar-refractivity contribution in [2.24, 2.45) is 0 Å². The average molecular weight is 204 g/mol. The van der Waals surface area contributed by atoms with E-state index in [-0.39, 0.29) is 17.8 Å². The quantitative estimate of drug-likeness (QED) is 0.762. The maximum absolute atomic E-state index is 11.9. The summed E-state index contributed by atoms with van der Waals surface area (Å²) in [7, 11) is 1.08. The van der Waals surface area contributed by atoms with Crippen molar-refractivity contribution in [3.63, 3.8) is 0 Å². The van der Waals surface area contributed by atoms with Crippen molar-refractivity contribution in [2.75, 3.05) is 6.61 Å². The van der Waals surface area contributed by atoms with Gasteiger partial charge in [0, 0.05) is 11.5 Å². The van der Waals surface area contributed by atoms with Gasteiger partial charge < -0.3 is 5.11 Å². The van der Waals surface area contributed by atoms with E-state index >= 15 is 0 Å². The van der Waals surface area contributed by atoms with E-state index in [9.17, 15) is 3.89 Å². The van der Waals surface area contributed by atoms with Crippen LogP contribution in [0.5, 0.6) is 0 Å². The fraction of sp³-hybridized carbons (Fsp3) is 0.250. The molecule has 0 spiro atoms. The molecule has 0 bridgehead atoms. The Kier molecular flexibility index (Phi) is 4.50. The van der Waals surface area contributed by atoms with Crippen molar-refractivity contribution in [3.05, 3.63) is 29.8 Å². The fourth-order valence-electron chi connectivity index (χ4n) is 0.946. The van der Waals surface area contributed by atoms with Crippen LogP contribution in [0.1, 0.15) is 5.56 Å². The lowest BCUT2D eigenvalue weighted by molar-refractivity contribution is 0.299. The second-order valence-electron chi connectivity index (χ2n) is 2.23. The minimum absolute atomic E-state index is 0.106. The zero-order valence-corrected chi connectivity index (χ0v) is 8.00. The highest BCUT2D eigenvalue weighted by Gasteiger charge is 2.01. The Morgan fingerprint density at radius 2 is 2.08 bits per heavy atom. The molecule has 0 radical (unpaired) electrons. The number of aliphatic hydroxyl groups excluding tert-OH is 1. The summed E-state index contributed by atoms with van der Waals surface area (Å²) in [5.74, 6) is 0. The smallest absolute Gasteiger partial charge is 0.120 e. The second kappa shape index (κ2) is 5.45. The molecule has 0 aliphatic rings. The number of rotatable bonds is 4. The van der Waals surface area contributed by atoms with Gasteiger partial charge in [0.15, 0.2) is 0 Å². The number of aliphatic hydroxyl groups is 1. The van der Waals surface area contributed by atoms with Gasteiger partial charge >= 0.3 is 0 Å². The SMILES string of the molecule is OCCc1ccccc1SSF. The lowest BCUT2D eigenvalue weighted by Crippen LogP contribution is -1.91. The minimum Gasteiger partial charge on any atom is -0.396 e. The molecule has 1 nitrogen and oxygen atoms in total. The van der Waals surface area contributed by atoms with Crippen LogP contribution in [0.15, 0.2) is 29.2 Å². The molecular formula is C8H9FOS2. The van der Waals surface area contributed by atoms with Gasteiger partial charge in [0.2, 0.25) is 0 Å². The van der Waals surface area contributed by atoms with E-state index in [1.807, 2.05) is 24.3 Å². The summed E-state index contributed by atoms with van der Waals surface area (Å²) in [6.07, 6.45) is 0.587. The Bertz CT molecular complexity index is 217. The van der Waals surface area contributed by atoms with Gasteiger partial charge in [-0.25, -0.2) is 0 Å². The second-order valence-corrected chi connectivity index (χ2v) is 3.84. The lowest BCUT2D eigenvalue weighted by Gasteiger charge is -2.03. The van der Waals surface area contributed by atoms with Crippen molar-refractivity contribution in [1.82, 2.24) is 0 Å². The molecule has 66 valence electrons. The Labute approximate surface area is 79.1 Å².